The summed E-state index contributed by atoms with van der Waals surface area (Å²) in [5.41, 5.74) is 0.725. The van der Waals surface area contributed by atoms with Crippen molar-refractivity contribution in [2.45, 2.75) is 12.8 Å². The van der Waals surface area contributed by atoms with Crippen LogP contribution in [0.2, 0.25) is 0 Å². The van der Waals surface area contributed by atoms with Crippen LogP contribution in [0.3, 0.4) is 0 Å². The number of amides is 2. The number of hydrogen-bond acceptors (Lipinski definition) is 4. The molecule has 0 aliphatic carbocycles. The van der Waals surface area contributed by atoms with Crippen molar-refractivity contribution in [2.75, 3.05) is 39.4 Å². The second-order valence-electron chi connectivity index (χ2n) is 6.65. The molecule has 25 heavy (non-hydrogen) atoms. The van der Waals surface area contributed by atoms with Gasteiger partial charge in [0.1, 0.15) is 5.58 Å². The van der Waals surface area contributed by atoms with Crippen LogP contribution >= 0.6 is 0 Å². The summed E-state index contributed by atoms with van der Waals surface area (Å²) in [5.74, 6) is 0.504. The molecule has 0 atom stereocenters. The second-order valence-corrected chi connectivity index (χ2v) is 6.65. The smallest absolute Gasteiger partial charge is 0.289 e. The number of benzene rings is 1. The van der Waals surface area contributed by atoms with Gasteiger partial charge in [0.2, 0.25) is 5.91 Å². The standard InChI is InChI=1S/C19H22N2O4/c22-18(21-9-11-24-12-10-21)14-5-7-20(8-6-14)19(23)17-13-15-3-1-2-4-16(15)25-17/h1-4,13-14H,5-12H2. The lowest BCUT2D eigenvalue weighted by Crippen LogP contribution is -2.47. The first-order valence-electron chi connectivity index (χ1n) is 8.87. The zero-order chi connectivity index (χ0) is 17.2. The molecule has 2 aliphatic rings. The van der Waals surface area contributed by atoms with Crippen LogP contribution in [0.4, 0.5) is 0 Å². The van der Waals surface area contributed by atoms with Gasteiger partial charge in [-0.3, -0.25) is 9.59 Å². The zero-order valence-electron chi connectivity index (χ0n) is 14.1. The Kier molecular flexibility index (Phi) is 4.44. The molecule has 1 aromatic carbocycles. The van der Waals surface area contributed by atoms with E-state index in [1.807, 2.05) is 29.2 Å². The lowest BCUT2D eigenvalue weighted by molar-refractivity contribution is -0.141. The average Bonchev–Trinajstić information content (AvgIpc) is 3.12. The maximum atomic E-state index is 12.7. The number of piperidine rings is 1. The van der Waals surface area contributed by atoms with Crippen molar-refractivity contribution in [3.8, 4) is 0 Å². The lowest BCUT2D eigenvalue weighted by Gasteiger charge is -2.35. The molecule has 6 nitrogen and oxygen atoms in total. The number of fused-ring (bicyclic) bond motifs is 1. The molecular formula is C19H22N2O4. The van der Waals surface area contributed by atoms with Crippen molar-refractivity contribution in [3.05, 3.63) is 36.1 Å². The number of ether oxygens (including phenoxy) is 1. The van der Waals surface area contributed by atoms with Gasteiger partial charge in [-0.05, 0) is 25.0 Å². The van der Waals surface area contributed by atoms with Gasteiger partial charge in [-0.15, -0.1) is 0 Å². The van der Waals surface area contributed by atoms with Crippen LogP contribution in [0, 0.1) is 5.92 Å². The van der Waals surface area contributed by atoms with Gasteiger partial charge in [0, 0.05) is 37.5 Å². The molecule has 0 unspecified atom stereocenters. The highest BCUT2D eigenvalue weighted by Crippen LogP contribution is 2.24. The molecule has 0 saturated carbocycles. The fourth-order valence-corrected chi connectivity index (χ4v) is 3.61. The van der Waals surface area contributed by atoms with Gasteiger partial charge >= 0.3 is 0 Å². The topological polar surface area (TPSA) is 63.0 Å². The first-order valence-corrected chi connectivity index (χ1v) is 8.87. The third kappa shape index (κ3) is 3.26. The molecule has 1 aromatic heterocycles. The third-order valence-corrected chi connectivity index (χ3v) is 5.09. The summed E-state index contributed by atoms with van der Waals surface area (Å²) in [7, 11) is 0. The molecule has 0 spiro atoms. The third-order valence-electron chi connectivity index (χ3n) is 5.09. The first kappa shape index (κ1) is 16.1. The fraction of sp³-hybridized carbons (Fsp3) is 0.474. The van der Waals surface area contributed by atoms with Crippen molar-refractivity contribution in [1.29, 1.82) is 0 Å². The summed E-state index contributed by atoms with van der Waals surface area (Å²) < 4.78 is 11.0. The number of morpholine rings is 1. The summed E-state index contributed by atoms with van der Waals surface area (Å²) in [5, 5.41) is 0.934. The maximum absolute atomic E-state index is 12.7. The summed E-state index contributed by atoms with van der Waals surface area (Å²) in [6.45, 7) is 3.78. The Morgan fingerprint density at radius 2 is 1.68 bits per heavy atom. The zero-order valence-corrected chi connectivity index (χ0v) is 14.1. The Balaban J connectivity index is 1.37. The van der Waals surface area contributed by atoms with Crippen LogP contribution in [0.1, 0.15) is 23.4 Å². The second kappa shape index (κ2) is 6.88. The van der Waals surface area contributed by atoms with E-state index in [4.69, 9.17) is 9.15 Å². The molecule has 6 heteroatoms. The quantitative estimate of drug-likeness (QED) is 0.839. The SMILES string of the molecule is O=C(c1cc2ccccc2o1)N1CCC(C(=O)N2CCOCC2)CC1. The predicted octanol–water partition coefficient (Wildman–Crippen LogP) is 2.14. The molecule has 132 valence electrons. The van der Waals surface area contributed by atoms with Crippen molar-refractivity contribution >= 4 is 22.8 Å². The van der Waals surface area contributed by atoms with Gasteiger partial charge in [-0.2, -0.15) is 0 Å². The van der Waals surface area contributed by atoms with E-state index >= 15 is 0 Å². The summed E-state index contributed by atoms with van der Waals surface area (Å²) in [6, 6.07) is 9.41. The highest BCUT2D eigenvalue weighted by atomic mass is 16.5. The molecule has 0 radical (unpaired) electrons. The maximum Gasteiger partial charge on any atom is 0.289 e. The molecule has 0 N–H and O–H groups in total. The molecule has 4 rings (SSSR count). The Morgan fingerprint density at radius 1 is 0.960 bits per heavy atom. The highest BCUT2D eigenvalue weighted by molar-refractivity contribution is 5.96. The van der Waals surface area contributed by atoms with Crippen molar-refractivity contribution in [2.24, 2.45) is 5.92 Å². The minimum atomic E-state index is -0.0894. The number of carbonyl (C=O) groups is 2. The summed E-state index contributed by atoms with van der Waals surface area (Å²) >= 11 is 0. The van der Waals surface area contributed by atoms with Crippen LogP contribution in [-0.4, -0.2) is 61.0 Å². The normalized spacial score (nSPS) is 19.4. The van der Waals surface area contributed by atoms with Crippen LogP contribution < -0.4 is 0 Å². The van der Waals surface area contributed by atoms with E-state index < -0.39 is 0 Å². The van der Waals surface area contributed by atoms with Gasteiger partial charge in [-0.25, -0.2) is 0 Å². The number of para-hydroxylation sites is 1. The van der Waals surface area contributed by atoms with Gasteiger partial charge < -0.3 is 19.0 Å². The molecule has 2 fully saturated rings. The Labute approximate surface area is 146 Å². The van der Waals surface area contributed by atoms with Gasteiger partial charge in [0.15, 0.2) is 5.76 Å². The molecule has 3 heterocycles. The van der Waals surface area contributed by atoms with Gasteiger partial charge in [0.05, 0.1) is 13.2 Å². The lowest BCUT2D eigenvalue weighted by atomic mass is 9.95. The Bertz CT molecular complexity index is 738. The summed E-state index contributed by atoms with van der Waals surface area (Å²) in [4.78, 5) is 28.9. The van der Waals surface area contributed by atoms with Gasteiger partial charge in [-0.1, -0.05) is 18.2 Å². The van der Waals surface area contributed by atoms with Gasteiger partial charge in [0.25, 0.3) is 5.91 Å². The van der Waals surface area contributed by atoms with E-state index in [-0.39, 0.29) is 17.7 Å². The van der Waals surface area contributed by atoms with Crippen molar-refractivity contribution < 1.29 is 18.7 Å². The van der Waals surface area contributed by atoms with E-state index in [9.17, 15) is 9.59 Å². The molecule has 2 amide bonds. The molecular weight excluding hydrogens is 320 g/mol. The average molecular weight is 342 g/mol. The van der Waals surface area contributed by atoms with E-state index in [2.05, 4.69) is 0 Å². The molecule has 2 aromatic rings. The van der Waals surface area contributed by atoms with E-state index in [0.717, 1.165) is 11.0 Å². The summed E-state index contributed by atoms with van der Waals surface area (Å²) in [6.07, 6.45) is 1.42. The number of hydrogen-bond donors (Lipinski definition) is 0. The number of carbonyl (C=O) groups excluding carboxylic acids is 2. The number of likely N-dealkylation sites (tertiary alicyclic amines) is 1. The highest BCUT2D eigenvalue weighted by Gasteiger charge is 2.31. The van der Waals surface area contributed by atoms with Crippen LogP contribution in [0.25, 0.3) is 11.0 Å². The largest absolute Gasteiger partial charge is 0.451 e. The molecule has 2 aliphatic heterocycles. The van der Waals surface area contributed by atoms with E-state index in [0.29, 0.717) is 58.0 Å². The van der Waals surface area contributed by atoms with E-state index in [1.54, 1.807) is 11.0 Å². The van der Waals surface area contributed by atoms with E-state index in [1.165, 1.54) is 0 Å². The molecule has 0 bridgehead atoms. The minimum Gasteiger partial charge on any atom is -0.451 e. The van der Waals surface area contributed by atoms with Crippen LogP contribution in [0.15, 0.2) is 34.7 Å². The van der Waals surface area contributed by atoms with Crippen molar-refractivity contribution in [1.82, 2.24) is 9.80 Å². The first-order chi connectivity index (χ1) is 12.2. The molecule has 2 saturated heterocycles. The predicted molar refractivity (Wildman–Crippen MR) is 92.2 cm³/mol. The fourth-order valence-electron chi connectivity index (χ4n) is 3.61. The van der Waals surface area contributed by atoms with Crippen LogP contribution in [-0.2, 0) is 9.53 Å². The van der Waals surface area contributed by atoms with Crippen LogP contribution in [0.5, 0.6) is 0 Å². The number of rotatable bonds is 2. The monoisotopic (exact) mass is 342 g/mol. The Morgan fingerprint density at radius 3 is 2.40 bits per heavy atom. The Hall–Kier alpha value is -2.34. The number of nitrogens with zero attached hydrogens (tertiary/aromatic N) is 2. The number of furan rings is 1. The minimum absolute atomic E-state index is 0.0119. The van der Waals surface area contributed by atoms with Crippen molar-refractivity contribution in [3.63, 3.8) is 0 Å².